The fourth-order valence-electron chi connectivity index (χ4n) is 3.21. The van der Waals surface area contributed by atoms with Gasteiger partial charge in [0.2, 0.25) is 0 Å². The van der Waals surface area contributed by atoms with E-state index < -0.39 is 10.0 Å². The summed E-state index contributed by atoms with van der Waals surface area (Å²) in [6.45, 7) is 8.33. The zero-order valence-electron chi connectivity index (χ0n) is 18.5. The maximum Gasteiger partial charge on any atom is 0.261 e. The van der Waals surface area contributed by atoms with Gasteiger partial charge in [-0.25, -0.2) is 8.42 Å². The Balaban J connectivity index is 1.77. The summed E-state index contributed by atoms with van der Waals surface area (Å²) in [5.41, 5.74) is 2.67. The van der Waals surface area contributed by atoms with E-state index in [4.69, 9.17) is 11.6 Å². The van der Waals surface area contributed by atoms with Crippen molar-refractivity contribution in [2.24, 2.45) is 0 Å². The summed E-state index contributed by atoms with van der Waals surface area (Å²) in [5.74, 6) is -0.386. The van der Waals surface area contributed by atoms with Crippen LogP contribution >= 0.6 is 11.6 Å². The molecule has 0 radical (unpaired) electrons. The van der Waals surface area contributed by atoms with Gasteiger partial charge < -0.3 is 5.32 Å². The molecule has 0 unspecified atom stereocenters. The Bertz CT molecular complexity index is 1200. The average Bonchev–Trinajstić information content (AvgIpc) is 2.75. The van der Waals surface area contributed by atoms with Gasteiger partial charge >= 0.3 is 0 Å². The largest absolute Gasteiger partial charge is 0.345 e. The van der Waals surface area contributed by atoms with E-state index in [1.54, 1.807) is 18.2 Å². The van der Waals surface area contributed by atoms with Crippen LogP contribution in [0.4, 0.5) is 5.69 Å². The zero-order chi connectivity index (χ0) is 23.5. The Morgan fingerprint density at radius 1 is 0.938 bits per heavy atom. The number of halogens is 1. The molecule has 1 atom stereocenters. The van der Waals surface area contributed by atoms with Crippen molar-refractivity contribution < 1.29 is 13.2 Å². The van der Waals surface area contributed by atoms with Crippen molar-refractivity contribution in [3.8, 4) is 0 Å². The Labute approximate surface area is 194 Å². The van der Waals surface area contributed by atoms with Crippen molar-refractivity contribution in [3.05, 3.63) is 94.5 Å². The van der Waals surface area contributed by atoms with Gasteiger partial charge in [0.1, 0.15) is 0 Å². The monoisotopic (exact) mass is 470 g/mol. The molecule has 0 bridgehead atoms. The first-order valence-electron chi connectivity index (χ1n) is 10.3. The van der Waals surface area contributed by atoms with Crippen LogP contribution in [0.2, 0.25) is 5.02 Å². The molecular formula is C25H27ClN2O3S. The van der Waals surface area contributed by atoms with Gasteiger partial charge in [-0.3, -0.25) is 9.52 Å². The number of carbonyl (C=O) groups excluding carboxylic acids is 1. The molecule has 0 heterocycles. The maximum absolute atomic E-state index is 12.9. The lowest BCUT2D eigenvalue weighted by Crippen LogP contribution is -2.27. The smallest absolute Gasteiger partial charge is 0.261 e. The molecule has 0 aliphatic heterocycles. The summed E-state index contributed by atoms with van der Waals surface area (Å²) in [6, 6.07) is 20.3. The number of hydrogen-bond donors (Lipinski definition) is 2. The van der Waals surface area contributed by atoms with Gasteiger partial charge in [-0.05, 0) is 53.8 Å². The van der Waals surface area contributed by atoms with Crippen LogP contribution in [0.25, 0.3) is 0 Å². The number of hydrogen-bond acceptors (Lipinski definition) is 3. The minimum atomic E-state index is -3.78. The highest BCUT2D eigenvalue weighted by molar-refractivity contribution is 7.92. The molecule has 5 nitrogen and oxygen atoms in total. The molecule has 32 heavy (non-hydrogen) atoms. The van der Waals surface area contributed by atoms with Crippen LogP contribution in [0.3, 0.4) is 0 Å². The van der Waals surface area contributed by atoms with Gasteiger partial charge in [0.25, 0.3) is 15.9 Å². The van der Waals surface area contributed by atoms with Crippen molar-refractivity contribution in [3.63, 3.8) is 0 Å². The van der Waals surface area contributed by atoms with Crippen LogP contribution < -0.4 is 10.0 Å². The van der Waals surface area contributed by atoms with Gasteiger partial charge in [0.15, 0.2) is 0 Å². The van der Waals surface area contributed by atoms with E-state index in [1.165, 1.54) is 35.9 Å². The van der Waals surface area contributed by atoms with Crippen LogP contribution in [-0.2, 0) is 15.4 Å². The fraction of sp³-hybridized carbons (Fsp3) is 0.240. The number of rotatable bonds is 6. The van der Waals surface area contributed by atoms with Crippen LogP contribution in [0.1, 0.15) is 55.2 Å². The number of anilines is 1. The van der Waals surface area contributed by atoms with Crippen LogP contribution in [-0.4, -0.2) is 14.3 Å². The molecule has 0 fully saturated rings. The number of sulfonamides is 1. The first-order chi connectivity index (χ1) is 15.0. The Kier molecular flexibility index (Phi) is 6.96. The van der Waals surface area contributed by atoms with E-state index in [-0.39, 0.29) is 38.5 Å². The quantitative estimate of drug-likeness (QED) is 0.468. The summed E-state index contributed by atoms with van der Waals surface area (Å²) in [4.78, 5) is 13.0. The molecule has 3 aromatic rings. The number of nitrogens with one attached hydrogen (secondary N) is 2. The topological polar surface area (TPSA) is 75.3 Å². The summed E-state index contributed by atoms with van der Waals surface area (Å²) in [7, 11) is -3.78. The maximum atomic E-state index is 12.9. The molecular weight excluding hydrogens is 444 g/mol. The van der Waals surface area contributed by atoms with Crippen molar-refractivity contribution >= 4 is 33.2 Å². The molecule has 3 aromatic carbocycles. The second-order valence-electron chi connectivity index (χ2n) is 8.68. The summed E-state index contributed by atoms with van der Waals surface area (Å²) in [6.07, 6.45) is 0. The minimum absolute atomic E-state index is 0.0477. The molecule has 3 rings (SSSR count). The number of carbonyl (C=O) groups is 1. The third-order valence-corrected chi connectivity index (χ3v) is 6.87. The van der Waals surface area contributed by atoms with Gasteiger partial charge in [-0.2, -0.15) is 0 Å². The Morgan fingerprint density at radius 2 is 1.56 bits per heavy atom. The third-order valence-electron chi connectivity index (χ3n) is 5.14. The highest BCUT2D eigenvalue weighted by Gasteiger charge is 2.19. The van der Waals surface area contributed by atoms with E-state index in [0.29, 0.717) is 0 Å². The predicted molar refractivity (Wildman–Crippen MR) is 130 cm³/mol. The van der Waals surface area contributed by atoms with Crippen molar-refractivity contribution in [1.82, 2.24) is 5.32 Å². The summed E-state index contributed by atoms with van der Waals surface area (Å²) >= 11 is 6.24. The molecule has 2 N–H and O–H groups in total. The standard InChI is InChI=1S/C25H27ClN2O3S/c1-17(18-10-12-19(13-11-18)25(2,3)4)27-24(29)22-16-20(14-15-23(22)26)28-32(30,31)21-8-6-5-7-9-21/h5-17,28H,1-4H3,(H,27,29)/t17-/m1/s1. The van der Waals surface area contributed by atoms with Crippen LogP contribution in [0, 0.1) is 0 Å². The molecule has 0 aliphatic carbocycles. The van der Waals surface area contributed by atoms with Crippen LogP contribution in [0.15, 0.2) is 77.7 Å². The van der Waals surface area contributed by atoms with Crippen molar-refractivity contribution in [2.45, 2.75) is 44.0 Å². The molecule has 0 saturated carbocycles. The molecule has 7 heteroatoms. The molecule has 0 saturated heterocycles. The highest BCUT2D eigenvalue weighted by Crippen LogP contribution is 2.26. The van der Waals surface area contributed by atoms with Crippen LogP contribution in [0.5, 0.6) is 0 Å². The van der Waals surface area contributed by atoms with Gasteiger partial charge in [-0.1, -0.05) is 74.8 Å². The summed E-state index contributed by atoms with van der Waals surface area (Å²) in [5, 5.41) is 3.17. The van der Waals surface area contributed by atoms with E-state index in [0.717, 1.165) is 5.56 Å². The van der Waals surface area contributed by atoms with Gasteiger partial charge in [0.05, 0.1) is 21.5 Å². The Morgan fingerprint density at radius 3 is 2.16 bits per heavy atom. The second-order valence-corrected chi connectivity index (χ2v) is 10.8. The van der Waals surface area contributed by atoms with E-state index in [2.05, 4.69) is 42.9 Å². The molecule has 168 valence electrons. The first-order valence-corrected chi connectivity index (χ1v) is 12.1. The third kappa shape index (κ3) is 5.69. The lowest BCUT2D eigenvalue weighted by molar-refractivity contribution is 0.0940. The first kappa shape index (κ1) is 23.8. The lowest BCUT2D eigenvalue weighted by atomic mass is 9.86. The van der Waals surface area contributed by atoms with Gasteiger partial charge in [-0.15, -0.1) is 0 Å². The fourth-order valence-corrected chi connectivity index (χ4v) is 4.48. The van der Waals surface area contributed by atoms with Crippen molar-refractivity contribution in [1.29, 1.82) is 0 Å². The molecule has 0 aromatic heterocycles. The minimum Gasteiger partial charge on any atom is -0.345 e. The zero-order valence-corrected chi connectivity index (χ0v) is 20.1. The average molecular weight is 471 g/mol. The normalized spacial score (nSPS) is 12.8. The van der Waals surface area contributed by atoms with Gasteiger partial charge in [0, 0.05) is 5.69 Å². The molecule has 0 spiro atoms. The van der Waals surface area contributed by atoms with Crippen molar-refractivity contribution in [2.75, 3.05) is 4.72 Å². The summed E-state index contributed by atoms with van der Waals surface area (Å²) < 4.78 is 27.7. The molecule has 1 amide bonds. The van der Waals surface area contributed by atoms with E-state index >= 15 is 0 Å². The lowest BCUT2D eigenvalue weighted by Gasteiger charge is -2.21. The molecule has 0 aliphatic rings. The number of benzene rings is 3. The SMILES string of the molecule is C[C@@H](NC(=O)c1cc(NS(=O)(=O)c2ccccc2)ccc1Cl)c1ccc(C(C)(C)C)cc1. The second kappa shape index (κ2) is 9.35. The highest BCUT2D eigenvalue weighted by atomic mass is 35.5. The van der Waals surface area contributed by atoms with E-state index in [9.17, 15) is 13.2 Å². The Hall–Kier alpha value is -2.83. The predicted octanol–water partition coefficient (Wildman–Crippen LogP) is 5.93. The number of amides is 1. The van der Waals surface area contributed by atoms with E-state index in [1.807, 2.05) is 19.1 Å².